The molecule has 0 fully saturated rings. The van der Waals surface area contributed by atoms with Crippen molar-refractivity contribution < 1.29 is 9.84 Å². The molecule has 0 saturated heterocycles. The highest BCUT2D eigenvalue weighted by Crippen LogP contribution is 2.09. The maximum Gasteiger partial charge on any atom is 0.330 e. The van der Waals surface area contributed by atoms with Crippen LogP contribution in [0.1, 0.15) is 19.6 Å². The number of aromatic amines is 1. The predicted molar refractivity (Wildman–Crippen MR) is 61.4 cm³/mol. The van der Waals surface area contributed by atoms with E-state index in [9.17, 15) is 9.59 Å². The number of nitrogens with one attached hydrogen (secondary N) is 1. The Hall–Kier alpha value is -1.84. The van der Waals surface area contributed by atoms with Gasteiger partial charge in [-0.1, -0.05) is 0 Å². The Morgan fingerprint density at radius 1 is 1.65 bits per heavy atom. The van der Waals surface area contributed by atoms with E-state index in [1.54, 1.807) is 6.92 Å². The first-order valence-electron chi connectivity index (χ1n) is 5.09. The van der Waals surface area contributed by atoms with E-state index in [2.05, 4.69) is 10.9 Å². The van der Waals surface area contributed by atoms with Crippen LogP contribution in [0, 0.1) is 12.3 Å². The Bertz CT molecular complexity index is 511. The number of rotatable bonds is 5. The van der Waals surface area contributed by atoms with E-state index in [0.717, 1.165) is 0 Å². The molecule has 17 heavy (non-hydrogen) atoms. The normalized spacial score (nSPS) is 13.9. The van der Waals surface area contributed by atoms with Crippen LogP contribution in [0.15, 0.2) is 21.9 Å². The minimum atomic E-state index is -0.621. The molecule has 1 heterocycles. The second-order valence-electron chi connectivity index (χ2n) is 3.47. The van der Waals surface area contributed by atoms with Gasteiger partial charge in [0.25, 0.3) is 5.56 Å². The summed E-state index contributed by atoms with van der Waals surface area (Å²) in [6, 6.07) is 1.22. The summed E-state index contributed by atoms with van der Waals surface area (Å²) in [6.07, 6.45) is 5.54. The van der Waals surface area contributed by atoms with Crippen LogP contribution in [-0.4, -0.2) is 27.4 Å². The van der Waals surface area contributed by atoms with Crippen LogP contribution in [-0.2, 0) is 4.74 Å². The highest BCUT2D eigenvalue weighted by atomic mass is 16.5. The first kappa shape index (κ1) is 13.2. The first-order chi connectivity index (χ1) is 8.08. The van der Waals surface area contributed by atoms with Gasteiger partial charge < -0.3 is 9.84 Å². The van der Waals surface area contributed by atoms with Crippen molar-refractivity contribution in [1.29, 1.82) is 0 Å². The molecule has 0 aliphatic heterocycles. The van der Waals surface area contributed by atoms with Gasteiger partial charge >= 0.3 is 5.69 Å². The van der Waals surface area contributed by atoms with Gasteiger partial charge in [0.2, 0.25) is 0 Å². The quantitative estimate of drug-likeness (QED) is 0.674. The smallest absolute Gasteiger partial charge is 0.330 e. The molecule has 1 aromatic rings. The summed E-state index contributed by atoms with van der Waals surface area (Å²) in [6.45, 7) is 1.39. The van der Waals surface area contributed by atoms with E-state index in [0.29, 0.717) is 0 Å². The number of ether oxygens (including phenoxy) is 1. The molecule has 0 saturated carbocycles. The zero-order valence-electron chi connectivity index (χ0n) is 9.42. The summed E-state index contributed by atoms with van der Waals surface area (Å²) in [5, 5.41) is 9.00. The molecule has 2 atom stereocenters. The fourth-order valence-electron chi connectivity index (χ4n) is 1.34. The van der Waals surface area contributed by atoms with Gasteiger partial charge in [0, 0.05) is 18.7 Å². The summed E-state index contributed by atoms with van der Waals surface area (Å²) < 4.78 is 6.60. The monoisotopic (exact) mass is 238 g/mol. The molecule has 6 heteroatoms. The molecule has 0 spiro atoms. The van der Waals surface area contributed by atoms with Crippen molar-refractivity contribution in [3.05, 3.63) is 33.1 Å². The predicted octanol–water partition coefficient (Wildman–Crippen LogP) is -0.544. The van der Waals surface area contributed by atoms with E-state index in [1.165, 1.54) is 16.8 Å². The molecule has 0 aromatic carbocycles. The molecule has 0 amide bonds. The van der Waals surface area contributed by atoms with Gasteiger partial charge in [-0.05, 0) is 6.92 Å². The highest BCUT2D eigenvalue weighted by molar-refractivity contribution is 4.88. The molecule has 6 nitrogen and oxygen atoms in total. The Balaban J connectivity index is 2.83. The number of terminal acetylenes is 1. The molecular formula is C11H14N2O4. The lowest BCUT2D eigenvalue weighted by atomic mass is 10.3. The van der Waals surface area contributed by atoms with Crippen molar-refractivity contribution in [2.24, 2.45) is 0 Å². The van der Waals surface area contributed by atoms with Gasteiger partial charge in [-0.15, -0.1) is 12.3 Å². The lowest BCUT2D eigenvalue weighted by Crippen LogP contribution is -2.33. The average molecular weight is 238 g/mol. The van der Waals surface area contributed by atoms with Crippen LogP contribution >= 0.6 is 0 Å². The Kier molecular flexibility index (Phi) is 4.69. The molecule has 2 unspecified atom stereocenters. The number of aromatic nitrogens is 2. The van der Waals surface area contributed by atoms with E-state index in [1.807, 2.05) is 0 Å². The Labute approximate surface area is 97.9 Å². The Morgan fingerprint density at radius 2 is 2.35 bits per heavy atom. The summed E-state index contributed by atoms with van der Waals surface area (Å²) in [5.41, 5.74) is -1.04. The van der Waals surface area contributed by atoms with Gasteiger partial charge in [-0.2, -0.15) is 0 Å². The lowest BCUT2D eigenvalue weighted by molar-refractivity contribution is -0.0644. The van der Waals surface area contributed by atoms with E-state index in [4.69, 9.17) is 16.3 Å². The maximum absolute atomic E-state index is 11.4. The summed E-state index contributed by atoms with van der Waals surface area (Å²) in [4.78, 5) is 24.4. The van der Waals surface area contributed by atoms with Gasteiger partial charge in [-0.25, -0.2) is 4.79 Å². The van der Waals surface area contributed by atoms with Crippen molar-refractivity contribution in [3.8, 4) is 12.3 Å². The second kappa shape index (κ2) is 6.03. The standard InChI is InChI=1S/C11H14N2O4/c1-3-4-9(7-14)17-8(2)13-6-5-10(15)12-11(13)16/h1,5-6,8-9,14H,4,7H2,2H3,(H,12,15,16). The molecule has 1 aromatic heterocycles. The third-order valence-electron chi connectivity index (χ3n) is 2.18. The molecule has 0 aliphatic carbocycles. The largest absolute Gasteiger partial charge is 0.394 e. The molecule has 92 valence electrons. The molecule has 2 N–H and O–H groups in total. The lowest BCUT2D eigenvalue weighted by Gasteiger charge is -2.20. The van der Waals surface area contributed by atoms with Crippen molar-refractivity contribution in [1.82, 2.24) is 9.55 Å². The minimum absolute atomic E-state index is 0.230. The first-order valence-corrected chi connectivity index (χ1v) is 5.09. The summed E-state index contributed by atoms with van der Waals surface area (Å²) >= 11 is 0. The SMILES string of the molecule is C#CCC(CO)OC(C)n1ccc(=O)[nH]c1=O. The van der Waals surface area contributed by atoms with Gasteiger partial charge in [0.15, 0.2) is 0 Å². The fraction of sp³-hybridized carbons (Fsp3) is 0.455. The molecule has 1 rings (SSSR count). The average Bonchev–Trinajstić information content (AvgIpc) is 2.28. The maximum atomic E-state index is 11.4. The van der Waals surface area contributed by atoms with Gasteiger partial charge in [0.1, 0.15) is 6.23 Å². The molecule has 0 aliphatic rings. The highest BCUT2D eigenvalue weighted by Gasteiger charge is 2.13. The third-order valence-corrected chi connectivity index (χ3v) is 2.18. The zero-order chi connectivity index (χ0) is 12.8. The number of H-pyrrole nitrogens is 1. The molecule has 0 radical (unpaired) electrons. The number of aliphatic hydroxyl groups is 1. The van der Waals surface area contributed by atoms with E-state index >= 15 is 0 Å². The summed E-state index contributed by atoms with van der Waals surface area (Å²) in [7, 11) is 0. The summed E-state index contributed by atoms with van der Waals surface area (Å²) in [5.74, 6) is 2.37. The van der Waals surface area contributed by atoms with Crippen LogP contribution in [0.3, 0.4) is 0 Å². The van der Waals surface area contributed by atoms with E-state index in [-0.39, 0.29) is 13.0 Å². The second-order valence-corrected chi connectivity index (χ2v) is 3.47. The van der Waals surface area contributed by atoms with Crippen molar-refractivity contribution in [2.45, 2.75) is 25.7 Å². The molecule has 0 bridgehead atoms. The Morgan fingerprint density at radius 3 is 2.88 bits per heavy atom. The van der Waals surface area contributed by atoms with Crippen LogP contribution in [0.4, 0.5) is 0 Å². The van der Waals surface area contributed by atoms with Crippen LogP contribution in [0.2, 0.25) is 0 Å². The number of hydrogen-bond donors (Lipinski definition) is 2. The van der Waals surface area contributed by atoms with Crippen molar-refractivity contribution in [2.75, 3.05) is 6.61 Å². The van der Waals surface area contributed by atoms with Gasteiger partial charge in [-0.3, -0.25) is 14.3 Å². The van der Waals surface area contributed by atoms with Crippen LogP contribution in [0.5, 0.6) is 0 Å². The fourth-order valence-corrected chi connectivity index (χ4v) is 1.34. The van der Waals surface area contributed by atoms with Crippen molar-refractivity contribution >= 4 is 0 Å². The van der Waals surface area contributed by atoms with Crippen LogP contribution in [0.25, 0.3) is 0 Å². The zero-order valence-corrected chi connectivity index (χ0v) is 9.42. The number of hydrogen-bond acceptors (Lipinski definition) is 4. The third kappa shape index (κ3) is 3.59. The minimum Gasteiger partial charge on any atom is -0.394 e. The number of aliphatic hydroxyl groups excluding tert-OH is 1. The topological polar surface area (TPSA) is 84.3 Å². The van der Waals surface area contributed by atoms with Crippen LogP contribution < -0.4 is 11.2 Å². The van der Waals surface area contributed by atoms with Gasteiger partial charge in [0.05, 0.1) is 12.7 Å². The van der Waals surface area contributed by atoms with E-state index < -0.39 is 23.6 Å². The molecular weight excluding hydrogens is 224 g/mol. The van der Waals surface area contributed by atoms with Crippen molar-refractivity contribution in [3.63, 3.8) is 0 Å². The number of nitrogens with zero attached hydrogens (tertiary/aromatic N) is 1.